The summed E-state index contributed by atoms with van der Waals surface area (Å²) in [5.41, 5.74) is 22.3. The summed E-state index contributed by atoms with van der Waals surface area (Å²) in [4.78, 5) is 0. The molecular formula is C17H22N2. The summed E-state index contributed by atoms with van der Waals surface area (Å²) in [6.07, 6.45) is 0. The van der Waals surface area contributed by atoms with Gasteiger partial charge in [-0.1, -0.05) is 0 Å². The Kier molecular flexibility index (Phi) is 3.27. The van der Waals surface area contributed by atoms with Gasteiger partial charge in [-0.2, -0.15) is 0 Å². The third kappa shape index (κ3) is 2.19. The summed E-state index contributed by atoms with van der Waals surface area (Å²) in [5.74, 6) is 0. The highest BCUT2D eigenvalue weighted by Gasteiger charge is 2.14. The zero-order valence-corrected chi connectivity index (χ0v) is 12.4. The van der Waals surface area contributed by atoms with Crippen LogP contribution in [-0.2, 0) is 0 Å². The fourth-order valence-electron chi connectivity index (χ4n) is 2.89. The average Bonchev–Trinajstić information content (AvgIpc) is 2.29. The van der Waals surface area contributed by atoms with E-state index in [1.807, 2.05) is 12.1 Å². The van der Waals surface area contributed by atoms with E-state index in [9.17, 15) is 0 Å². The van der Waals surface area contributed by atoms with Crippen molar-refractivity contribution < 1.29 is 0 Å². The molecule has 0 radical (unpaired) electrons. The van der Waals surface area contributed by atoms with Gasteiger partial charge in [0.25, 0.3) is 0 Å². The molecule has 2 heteroatoms. The van der Waals surface area contributed by atoms with Gasteiger partial charge in [-0.15, -0.1) is 0 Å². The van der Waals surface area contributed by atoms with Crippen LogP contribution in [0.15, 0.2) is 18.2 Å². The lowest BCUT2D eigenvalue weighted by molar-refractivity contribution is 1.28. The highest BCUT2D eigenvalue weighted by Crippen LogP contribution is 2.37. The topological polar surface area (TPSA) is 52.0 Å². The van der Waals surface area contributed by atoms with Crippen LogP contribution in [-0.4, -0.2) is 0 Å². The summed E-state index contributed by atoms with van der Waals surface area (Å²) in [6.45, 7) is 10.6. The Morgan fingerprint density at radius 2 is 1.11 bits per heavy atom. The van der Waals surface area contributed by atoms with Crippen molar-refractivity contribution >= 4 is 11.4 Å². The van der Waals surface area contributed by atoms with Crippen molar-refractivity contribution in [2.75, 3.05) is 11.5 Å². The van der Waals surface area contributed by atoms with E-state index in [1.54, 1.807) is 0 Å². The predicted molar refractivity (Wildman–Crippen MR) is 84.4 cm³/mol. The smallest absolute Gasteiger partial charge is 0.0349 e. The van der Waals surface area contributed by atoms with Crippen LogP contribution in [0.25, 0.3) is 11.1 Å². The molecule has 19 heavy (non-hydrogen) atoms. The first-order valence-electron chi connectivity index (χ1n) is 6.56. The lowest BCUT2D eigenvalue weighted by Crippen LogP contribution is -2.01. The molecule has 2 rings (SSSR count). The quantitative estimate of drug-likeness (QED) is 0.754. The summed E-state index contributed by atoms with van der Waals surface area (Å²) in [7, 11) is 0. The van der Waals surface area contributed by atoms with Crippen LogP contribution in [0.2, 0.25) is 0 Å². The lowest BCUT2D eigenvalue weighted by Gasteiger charge is -2.19. The first-order chi connectivity index (χ1) is 8.82. The second kappa shape index (κ2) is 4.61. The fourth-order valence-corrected chi connectivity index (χ4v) is 2.89. The van der Waals surface area contributed by atoms with Crippen LogP contribution in [0.4, 0.5) is 11.4 Å². The number of aryl methyl sites for hydroxylation is 3. The second-order valence-corrected chi connectivity index (χ2v) is 5.44. The molecule has 0 spiro atoms. The summed E-state index contributed by atoms with van der Waals surface area (Å²) in [5, 5.41) is 0. The summed E-state index contributed by atoms with van der Waals surface area (Å²) in [6, 6.07) is 6.13. The Morgan fingerprint density at radius 1 is 0.632 bits per heavy atom. The molecule has 0 heterocycles. The average molecular weight is 254 g/mol. The Morgan fingerprint density at radius 3 is 1.63 bits per heavy atom. The normalized spacial score (nSPS) is 10.8. The van der Waals surface area contributed by atoms with Crippen molar-refractivity contribution in [2.24, 2.45) is 0 Å². The molecule has 0 atom stereocenters. The van der Waals surface area contributed by atoms with Gasteiger partial charge in [0.1, 0.15) is 0 Å². The molecule has 2 nitrogen and oxygen atoms in total. The van der Waals surface area contributed by atoms with Crippen LogP contribution in [0, 0.1) is 34.6 Å². The molecule has 2 aromatic rings. The molecule has 0 aliphatic heterocycles. The van der Waals surface area contributed by atoms with Crippen molar-refractivity contribution in [1.29, 1.82) is 0 Å². The van der Waals surface area contributed by atoms with Gasteiger partial charge < -0.3 is 11.5 Å². The van der Waals surface area contributed by atoms with Crippen LogP contribution < -0.4 is 11.5 Å². The van der Waals surface area contributed by atoms with Crippen molar-refractivity contribution in [3.05, 3.63) is 46.0 Å². The maximum absolute atomic E-state index is 6.05. The molecule has 2 aromatic carbocycles. The number of benzene rings is 2. The van der Waals surface area contributed by atoms with Gasteiger partial charge in [0.2, 0.25) is 0 Å². The molecular weight excluding hydrogens is 232 g/mol. The monoisotopic (exact) mass is 254 g/mol. The second-order valence-electron chi connectivity index (χ2n) is 5.44. The third-order valence-electron chi connectivity index (χ3n) is 3.94. The number of anilines is 2. The number of nitrogens with two attached hydrogens (primary N) is 2. The van der Waals surface area contributed by atoms with E-state index in [1.165, 1.54) is 33.4 Å². The molecule has 0 saturated heterocycles. The Bertz CT molecular complexity index is 632. The van der Waals surface area contributed by atoms with Crippen LogP contribution in [0.3, 0.4) is 0 Å². The minimum atomic E-state index is 0.821. The van der Waals surface area contributed by atoms with Gasteiger partial charge >= 0.3 is 0 Å². The van der Waals surface area contributed by atoms with Gasteiger partial charge in [0.15, 0.2) is 0 Å². The Balaban J connectivity index is 2.84. The first-order valence-corrected chi connectivity index (χ1v) is 6.56. The van der Waals surface area contributed by atoms with Gasteiger partial charge in [-0.25, -0.2) is 0 Å². The molecule has 0 unspecified atom stereocenters. The molecule has 0 saturated carbocycles. The predicted octanol–water partition coefficient (Wildman–Crippen LogP) is 4.06. The minimum Gasteiger partial charge on any atom is -0.399 e. The van der Waals surface area contributed by atoms with Crippen molar-refractivity contribution in [1.82, 2.24) is 0 Å². The molecule has 0 fully saturated rings. The SMILES string of the molecule is Cc1cc(N)cc(C)c1-c1c(C)cc(N)c(C)c1C. The zero-order valence-electron chi connectivity index (χ0n) is 12.4. The van der Waals surface area contributed by atoms with Crippen LogP contribution >= 0.6 is 0 Å². The zero-order chi connectivity index (χ0) is 14.3. The number of hydrogen-bond donors (Lipinski definition) is 2. The number of nitrogen functional groups attached to an aromatic ring is 2. The number of hydrogen-bond acceptors (Lipinski definition) is 2. The highest BCUT2D eigenvalue weighted by molar-refractivity contribution is 5.81. The fraction of sp³-hybridized carbons (Fsp3) is 0.294. The largest absolute Gasteiger partial charge is 0.399 e. The van der Waals surface area contributed by atoms with E-state index in [-0.39, 0.29) is 0 Å². The van der Waals surface area contributed by atoms with Crippen molar-refractivity contribution in [3.63, 3.8) is 0 Å². The van der Waals surface area contributed by atoms with Gasteiger partial charge in [-0.3, -0.25) is 0 Å². The third-order valence-corrected chi connectivity index (χ3v) is 3.94. The van der Waals surface area contributed by atoms with E-state index >= 15 is 0 Å². The molecule has 100 valence electrons. The standard InChI is InChI=1S/C17H22N2/c1-9-6-14(18)7-10(2)16(9)17-11(3)8-15(19)12(4)13(17)5/h6-8H,18-19H2,1-5H3. The highest BCUT2D eigenvalue weighted by atomic mass is 14.6. The van der Waals surface area contributed by atoms with Gasteiger partial charge in [0.05, 0.1) is 0 Å². The lowest BCUT2D eigenvalue weighted by atomic mass is 9.87. The molecule has 0 aliphatic carbocycles. The summed E-state index contributed by atoms with van der Waals surface area (Å²) >= 11 is 0. The molecule has 0 amide bonds. The molecule has 0 bridgehead atoms. The maximum atomic E-state index is 6.05. The van der Waals surface area contributed by atoms with Crippen LogP contribution in [0.5, 0.6) is 0 Å². The van der Waals surface area contributed by atoms with Crippen molar-refractivity contribution in [2.45, 2.75) is 34.6 Å². The molecule has 0 aromatic heterocycles. The number of rotatable bonds is 1. The summed E-state index contributed by atoms with van der Waals surface area (Å²) < 4.78 is 0. The van der Waals surface area contributed by atoms with Gasteiger partial charge in [0, 0.05) is 11.4 Å². The Hall–Kier alpha value is -1.96. The van der Waals surface area contributed by atoms with E-state index in [4.69, 9.17) is 11.5 Å². The van der Waals surface area contributed by atoms with Crippen LogP contribution in [0.1, 0.15) is 27.8 Å². The minimum absolute atomic E-state index is 0.821. The maximum Gasteiger partial charge on any atom is 0.0349 e. The first kappa shape index (κ1) is 13.5. The van der Waals surface area contributed by atoms with E-state index in [0.29, 0.717) is 0 Å². The Labute approximate surface area is 115 Å². The van der Waals surface area contributed by atoms with E-state index in [2.05, 4.69) is 40.7 Å². The van der Waals surface area contributed by atoms with Gasteiger partial charge in [-0.05, 0) is 91.8 Å². The molecule has 0 aliphatic rings. The van der Waals surface area contributed by atoms with Crippen molar-refractivity contribution in [3.8, 4) is 11.1 Å². The van der Waals surface area contributed by atoms with E-state index < -0.39 is 0 Å². The van der Waals surface area contributed by atoms with E-state index in [0.717, 1.165) is 16.9 Å². The molecule has 4 N–H and O–H groups in total.